The van der Waals surface area contributed by atoms with Gasteiger partial charge in [0.25, 0.3) is 5.91 Å². The zero-order valence-corrected chi connectivity index (χ0v) is 19.4. The van der Waals surface area contributed by atoms with Gasteiger partial charge in [-0.05, 0) is 42.3 Å². The Morgan fingerprint density at radius 2 is 1.72 bits per heavy atom. The Morgan fingerprint density at radius 1 is 1.00 bits per heavy atom. The summed E-state index contributed by atoms with van der Waals surface area (Å²) in [6, 6.07) is 12.6. The number of methoxy groups -OCH3 is 3. The van der Waals surface area contributed by atoms with E-state index in [9.17, 15) is 9.59 Å². The topological polar surface area (TPSA) is 77.1 Å². The molecule has 2 aromatic rings. The van der Waals surface area contributed by atoms with E-state index in [1.165, 1.54) is 0 Å². The molecule has 1 fully saturated rings. The molecule has 0 saturated carbocycles. The lowest BCUT2D eigenvalue weighted by Crippen LogP contribution is -2.37. The molecule has 1 saturated heterocycles. The van der Waals surface area contributed by atoms with Crippen molar-refractivity contribution >= 4 is 11.8 Å². The molecule has 172 valence electrons. The zero-order valence-electron chi connectivity index (χ0n) is 19.4. The second-order valence-corrected chi connectivity index (χ2v) is 8.40. The van der Waals surface area contributed by atoms with Crippen molar-refractivity contribution in [1.29, 1.82) is 0 Å². The first kappa shape index (κ1) is 23.4. The Balaban J connectivity index is 1.94. The van der Waals surface area contributed by atoms with Crippen LogP contribution in [-0.2, 0) is 4.79 Å². The van der Waals surface area contributed by atoms with E-state index in [2.05, 4.69) is 19.2 Å². The molecule has 1 N–H and O–H groups in total. The Morgan fingerprint density at radius 3 is 2.38 bits per heavy atom. The van der Waals surface area contributed by atoms with Crippen molar-refractivity contribution in [2.24, 2.45) is 11.8 Å². The second kappa shape index (κ2) is 10.4. The summed E-state index contributed by atoms with van der Waals surface area (Å²) in [5, 5.41) is 3.04. The van der Waals surface area contributed by atoms with E-state index in [1.807, 2.05) is 18.2 Å². The summed E-state index contributed by atoms with van der Waals surface area (Å²) < 4.78 is 16.3. The summed E-state index contributed by atoms with van der Waals surface area (Å²) in [7, 11) is 4.78. The van der Waals surface area contributed by atoms with Crippen molar-refractivity contribution in [3.8, 4) is 17.2 Å². The second-order valence-electron chi connectivity index (χ2n) is 8.40. The quantitative estimate of drug-likeness (QED) is 0.681. The highest BCUT2D eigenvalue weighted by Crippen LogP contribution is 2.40. The number of rotatable bonds is 8. The van der Waals surface area contributed by atoms with E-state index in [1.54, 1.807) is 50.5 Å². The van der Waals surface area contributed by atoms with Gasteiger partial charge in [0.15, 0.2) is 0 Å². The average Bonchev–Trinajstić information content (AvgIpc) is 3.27. The minimum absolute atomic E-state index is 0.0606. The van der Waals surface area contributed by atoms with E-state index >= 15 is 0 Å². The highest BCUT2D eigenvalue weighted by Gasteiger charge is 2.42. The summed E-state index contributed by atoms with van der Waals surface area (Å²) in [6.45, 7) is 5.41. The molecule has 2 aromatic carbocycles. The number of nitrogens with one attached hydrogen (secondary N) is 1. The van der Waals surface area contributed by atoms with Crippen LogP contribution < -0.4 is 19.5 Å². The first-order chi connectivity index (χ1) is 15.4. The number of ether oxygens (including phenoxy) is 3. The van der Waals surface area contributed by atoms with E-state index < -0.39 is 5.92 Å². The molecule has 1 aliphatic heterocycles. The molecule has 7 heteroatoms. The van der Waals surface area contributed by atoms with Gasteiger partial charge in [0.2, 0.25) is 5.91 Å². The Bertz CT molecular complexity index is 959. The van der Waals surface area contributed by atoms with E-state index in [0.29, 0.717) is 48.4 Å². The lowest BCUT2D eigenvalue weighted by atomic mass is 9.87. The number of likely N-dealkylation sites (tertiary alicyclic amines) is 1. The van der Waals surface area contributed by atoms with Gasteiger partial charge in [0, 0.05) is 36.7 Å². The number of nitrogens with zero attached hydrogens (tertiary/aromatic N) is 1. The minimum atomic E-state index is -0.399. The molecule has 1 heterocycles. The van der Waals surface area contributed by atoms with Crippen LogP contribution in [0.25, 0.3) is 0 Å². The fraction of sp³-hybridized carbons (Fsp3) is 0.440. The third-order valence-electron chi connectivity index (χ3n) is 5.78. The summed E-state index contributed by atoms with van der Waals surface area (Å²) in [4.78, 5) is 28.2. The first-order valence-electron chi connectivity index (χ1n) is 10.8. The average molecular weight is 441 g/mol. The maximum atomic E-state index is 13.3. The molecule has 0 spiro atoms. The summed E-state index contributed by atoms with van der Waals surface area (Å²) in [5.41, 5.74) is 1.39. The lowest BCUT2D eigenvalue weighted by Gasteiger charge is -2.21. The van der Waals surface area contributed by atoms with Gasteiger partial charge >= 0.3 is 0 Å². The molecule has 0 radical (unpaired) electrons. The number of carbonyl (C=O) groups is 2. The van der Waals surface area contributed by atoms with Crippen molar-refractivity contribution in [3.05, 3.63) is 53.6 Å². The molecule has 7 nitrogen and oxygen atoms in total. The molecule has 0 aromatic heterocycles. The maximum Gasteiger partial charge on any atom is 0.254 e. The molecule has 32 heavy (non-hydrogen) atoms. The largest absolute Gasteiger partial charge is 0.497 e. The molecule has 2 atom stereocenters. The van der Waals surface area contributed by atoms with Gasteiger partial charge in [-0.15, -0.1) is 0 Å². The van der Waals surface area contributed by atoms with Crippen LogP contribution in [-0.4, -0.2) is 57.7 Å². The van der Waals surface area contributed by atoms with Gasteiger partial charge in [-0.1, -0.05) is 19.9 Å². The minimum Gasteiger partial charge on any atom is -0.497 e. The van der Waals surface area contributed by atoms with Crippen LogP contribution in [0.2, 0.25) is 0 Å². The molecule has 3 rings (SSSR count). The van der Waals surface area contributed by atoms with Crippen LogP contribution >= 0.6 is 0 Å². The fourth-order valence-electron chi connectivity index (χ4n) is 4.05. The van der Waals surface area contributed by atoms with Gasteiger partial charge in [0.05, 0.1) is 27.2 Å². The molecule has 2 amide bonds. The predicted molar refractivity (Wildman–Crippen MR) is 123 cm³/mol. The van der Waals surface area contributed by atoms with Crippen molar-refractivity contribution in [3.63, 3.8) is 0 Å². The third kappa shape index (κ3) is 5.15. The van der Waals surface area contributed by atoms with Gasteiger partial charge in [-0.3, -0.25) is 9.59 Å². The van der Waals surface area contributed by atoms with Gasteiger partial charge in [-0.2, -0.15) is 0 Å². The van der Waals surface area contributed by atoms with Crippen LogP contribution in [0.5, 0.6) is 17.2 Å². The van der Waals surface area contributed by atoms with Crippen LogP contribution in [0.3, 0.4) is 0 Å². The standard InChI is InChI=1S/C25H32N2O5/c1-16(2)13-26-24(28)22-15-27(25(29)17-7-6-8-18(11-17)30-3)14-21(22)20-12-19(31-4)9-10-23(20)32-5/h6-12,16,21-22H,13-15H2,1-5H3,(H,26,28). The predicted octanol–water partition coefficient (Wildman–Crippen LogP) is 3.34. The first-order valence-corrected chi connectivity index (χ1v) is 10.8. The summed E-state index contributed by atoms with van der Waals surface area (Å²) in [6.07, 6.45) is 0. The Kier molecular flexibility index (Phi) is 7.62. The summed E-state index contributed by atoms with van der Waals surface area (Å²) in [5.74, 6) is 1.50. The Hall–Kier alpha value is -3.22. The molecule has 0 bridgehead atoms. The molecular formula is C25H32N2O5. The normalized spacial score (nSPS) is 17.9. The summed E-state index contributed by atoms with van der Waals surface area (Å²) >= 11 is 0. The van der Waals surface area contributed by atoms with E-state index in [0.717, 1.165) is 5.56 Å². The number of hydrogen-bond donors (Lipinski definition) is 1. The highest BCUT2D eigenvalue weighted by molar-refractivity contribution is 5.95. The zero-order chi connectivity index (χ0) is 23.3. The number of carbonyl (C=O) groups excluding carboxylic acids is 2. The van der Waals surface area contributed by atoms with Crippen LogP contribution in [0.15, 0.2) is 42.5 Å². The van der Waals surface area contributed by atoms with Crippen LogP contribution in [0.1, 0.15) is 35.7 Å². The SMILES string of the molecule is COc1cccc(C(=O)N2CC(C(=O)NCC(C)C)C(c3cc(OC)ccc3OC)C2)c1. The van der Waals surface area contributed by atoms with Gasteiger partial charge in [0.1, 0.15) is 17.2 Å². The maximum absolute atomic E-state index is 13.3. The Labute approximate surface area is 189 Å². The van der Waals surface area contributed by atoms with Crippen LogP contribution in [0, 0.1) is 11.8 Å². The molecule has 1 aliphatic rings. The molecule has 2 unspecified atom stereocenters. The smallest absolute Gasteiger partial charge is 0.254 e. The van der Waals surface area contributed by atoms with Crippen molar-refractivity contribution in [1.82, 2.24) is 10.2 Å². The van der Waals surface area contributed by atoms with Crippen molar-refractivity contribution in [2.75, 3.05) is 41.0 Å². The number of benzene rings is 2. The molecular weight excluding hydrogens is 408 g/mol. The fourth-order valence-corrected chi connectivity index (χ4v) is 4.05. The molecule has 0 aliphatic carbocycles. The number of hydrogen-bond acceptors (Lipinski definition) is 5. The van der Waals surface area contributed by atoms with Gasteiger partial charge < -0.3 is 24.4 Å². The van der Waals surface area contributed by atoms with E-state index in [4.69, 9.17) is 14.2 Å². The monoisotopic (exact) mass is 440 g/mol. The van der Waals surface area contributed by atoms with Crippen LogP contribution in [0.4, 0.5) is 0 Å². The van der Waals surface area contributed by atoms with Crippen molar-refractivity contribution in [2.45, 2.75) is 19.8 Å². The lowest BCUT2D eigenvalue weighted by molar-refractivity contribution is -0.125. The van der Waals surface area contributed by atoms with Gasteiger partial charge in [-0.25, -0.2) is 0 Å². The third-order valence-corrected chi connectivity index (χ3v) is 5.78. The van der Waals surface area contributed by atoms with Crippen molar-refractivity contribution < 1.29 is 23.8 Å². The highest BCUT2D eigenvalue weighted by atomic mass is 16.5. The van der Waals surface area contributed by atoms with E-state index in [-0.39, 0.29) is 17.7 Å². The number of amides is 2.